The highest BCUT2D eigenvalue weighted by Crippen LogP contribution is 2.34. The number of hydrogen-bond donors (Lipinski definition) is 2. The predicted molar refractivity (Wildman–Crippen MR) is 91.7 cm³/mol. The van der Waals surface area contributed by atoms with Crippen LogP contribution in [0.15, 0.2) is 24.3 Å². The van der Waals surface area contributed by atoms with E-state index in [1.54, 1.807) is 12.1 Å². The van der Waals surface area contributed by atoms with Gasteiger partial charge in [-0.2, -0.15) is 0 Å². The highest BCUT2D eigenvalue weighted by Gasteiger charge is 2.32. The minimum atomic E-state index is -0.260. The number of benzene rings is 1. The van der Waals surface area contributed by atoms with Crippen molar-refractivity contribution in [3.8, 4) is 0 Å². The van der Waals surface area contributed by atoms with Crippen LogP contribution in [0.2, 0.25) is 0 Å². The van der Waals surface area contributed by atoms with Crippen LogP contribution >= 0.6 is 11.3 Å². The maximum atomic E-state index is 13.0. The van der Waals surface area contributed by atoms with Crippen molar-refractivity contribution in [2.24, 2.45) is 5.92 Å². The fourth-order valence-corrected chi connectivity index (χ4v) is 3.81. The Labute approximate surface area is 144 Å². The van der Waals surface area contributed by atoms with E-state index in [9.17, 15) is 9.18 Å². The summed E-state index contributed by atoms with van der Waals surface area (Å²) in [5, 5.41) is 13.0. The zero-order chi connectivity index (χ0) is 17.1. The second-order valence-electron chi connectivity index (χ2n) is 6.26. The van der Waals surface area contributed by atoms with Gasteiger partial charge in [0, 0.05) is 19.1 Å². The molecule has 0 aliphatic heterocycles. The zero-order valence-electron chi connectivity index (χ0n) is 13.6. The molecule has 1 amide bonds. The standard InChI is InChI=1S/C18H21FN2O2S/c1-11-17(18(23)21-15(8-9-22)13-4-5-13)24-16(20-11)10-12-2-6-14(19)7-3-12/h2-3,6-7,13,15,22H,4-5,8-10H2,1H3,(H,21,23). The van der Waals surface area contributed by atoms with Crippen LogP contribution < -0.4 is 5.32 Å². The summed E-state index contributed by atoms with van der Waals surface area (Å²) in [7, 11) is 0. The number of rotatable bonds is 7. The van der Waals surface area contributed by atoms with Crippen molar-refractivity contribution in [2.75, 3.05) is 6.61 Å². The van der Waals surface area contributed by atoms with Crippen molar-refractivity contribution in [1.82, 2.24) is 10.3 Å². The van der Waals surface area contributed by atoms with E-state index in [4.69, 9.17) is 5.11 Å². The molecule has 1 saturated carbocycles. The molecule has 1 aromatic carbocycles. The molecule has 1 unspecified atom stereocenters. The zero-order valence-corrected chi connectivity index (χ0v) is 14.4. The molecule has 1 fully saturated rings. The lowest BCUT2D eigenvalue weighted by Gasteiger charge is -2.16. The first kappa shape index (κ1) is 17.0. The van der Waals surface area contributed by atoms with Crippen LogP contribution in [0.25, 0.3) is 0 Å². The molecule has 1 aromatic heterocycles. The Hall–Kier alpha value is -1.79. The first-order valence-electron chi connectivity index (χ1n) is 8.19. The monoisotopic (exact) mass is 348 g/mol. The summed E-state index contributed by atoms with van der Waals surface area (Å²) >= 11 is 1.38. The number of carbonyl (C=O) groups excluding carboxylic acids is 1. The molecule has 1 aliphatic carbocycles. The number of thiazole rings is 1. The molecule has 24 heavy (non-hydrogen) atoms. The molecule has 1 aliphatic rings. The number of nitrogens with zero attached hydrogens (tertiary/aromatic N) is 1. The lowest BCUT2D eigenvalue weighted by atomic mass is 10.1. The van der Waals surface area contributed by atoms with Crippen LogP contribution in [-0.2, 0) is 6.42 Å². The van der Waals surface area contributed by atoms with E-state index in [1.165, 1.54) is 23.5 Å². The first-order chi connectivity index (χ1) is 11.6. The van der Waals surface area contributed by atoms with Crippen molar-refractivity contribution < 1.29 is 14.3 Å². The van der Waals surface area contributed by atoms with Gasteiger partial charge in [0.15, 0.2) is 0 Å². The Morgan fingerprint density at radius 1 is 1.42 bits per heavy atom. The number of aliphatic hydroxyl groups is 1. The van der Waals surface area contributed by atoms with Gasteiger partial charge in [-0.1, -0.05) is 12.1 Å². The molecule has 0 bridgehead atoms. The summed E-state index contributed by atoms with van der Waals surface area (Å²) < 4.78 is 13.0. The number of halogens is 1. The Bertz CT molecular complexity index is 710. The third-order valence-corrected chi connectivity index (χ3v) is 5.42. The Morgan fingerprint density at radius 3 is 2.75 bits per heavy atom. The van der Waals surface area contributed by atoms with Gasteiger partial charge in [-0.25, -0.2) is 9.37 Å². The fraction of sp³-hybridized carbons (Fsp3) is 0.444. The van der Waals surface area contributed by atoms with Crippen molar-refractivity contribution in [1.29, 1.82) is 0 Å². The van der Waals surface area contributed by atoms with Gasteiger partial charge in [-0.15, -0.1) is 11.3 Å². The Kier molecular flexibility index (Phi) is 5.26. The van der Waals surface area contributed by atoms with Crippen LogP contribution in [-0.4, -0.2) is 28.6 Å². The van der Waals surface area contributed by atoms with E-state index in [0.29, 0.717) is 29.3 Å². The molecule has 4 nitrogen and oxygen atoms in total. The van der Waals surface area contributed by atoms with E-state index in [1.807, 2.05) is 6.92 Å². The summed E-state index contributed by atoms with van der Waals surface area (Å²) in [6.45, 7) is 1.91. The smallest absolute Gasteiger partial charge is 0.263 e. The van der Waals surface area contributed by atoms with E-state index < -0.39 is 0 Å². The molecule has 6 heteroatoms. The van der Waals surface area contributed by atoms with Gasteiger partial charge in [0.25, 0.3) is 5.91 Å². The van der Waals surface area contributed by atoms with Gasteiger partial charge in [0.05, 0.1) is 10.7 Å². The summed E-state index contributed by atoms with van der Waals surface area (Å²) in [5.41, 5.74) is 1.68. The van der Waals surface area contributed by atoms with Crippen LogP contribution in [0.1, 0.15) is 45.2 Å². The van der Waals surface area contributed by atoms with Gasteiger partial charge in [-0.05, 0) is 49.8 Å². The van der Waals surface area contributed by atoms with E-state index in [-0.39, 0.29) is 24.4 Å². The fourth-order valence-electron chi connectivity index (χ4n) is 2.81. The summed E-state index contributed by atoms with van der Waals surface area (Å²) in [4.78, 5) is 17.6. The average Bonchev–Trinajstić information content (AvgIpc) is 3.33. The Balaban J connectivity index is 1.68. The van der Waals surface area contributed by atoms with Crippen LogP contribution in [0.3, 0.4) is 0 Å². The summed E-state index contributed by atoms with van der Waals surface area (Å²) in [6.07, 6.45) is 3.41. The SMILES string of the molecule is Cc1nc(Cc2ccc(F)cc2)sc1C(=O)NC(CCO)C1CC1. The maximum absolute atomic E-state index is 13.0. The van der Waals surface area contributed by atoms with Gasteiger partial charge >= 0.3 is 0 Å². The highest BCUT2D eigenvalue weighted by atomic mass is 32.1. The third kappa shape index (κ3) is 4.19. The highest BCUT2D eigenvalue weighted by molar-refractivity contribution is 7.13. The minimum Gasteiger partial charge on any atom is -0.396 e. The topological polar surface area (TPSA) is 62.2 Å². The molecule has 0 saturated heterocycles. The molecule has 3 rings (SSSR count). The molecule has 0 spiro atoms. The molecule has 1 atom stereocenters. The number of amides is 1. The molecule has 2 N–H and O–H groups in total. The van der Waals surface area contributed by atoms with Gasteiger partial charge in [0.2, 0.25) is 0 Å². The largest absolute Gasteiger partial charge is 0.396 e. The quantitative estimate of drug-likeness (QED) is 0.808. The summed E-state index contributed by atoms with van der Waals surface area (Å²) in [6, 6.07) is 6.37. The lowest BCUT2D eigenvalue weighted by molar-refractivity contribution is 0.0927. The molecule has 1 heterocycles. The number of aromatic nitrogens is 1. The number of aliphatic hydroxyl groups excluding tert-OH is 1. The van der Waals surface area contributed by atoms with Crippen LogP contribution in [0.5, 0.6) is 0 Å². The summed E-state index contributed by atoms with van der Waals surface area (Å²) in [5.74, 6) is 0.123. The van der Waals surface area contributed by atoms with E-state index >= 15 is 0 Å². The molecule has 2 aromatic rings. The number of nitrogens with one attached hydrogen (secondary N) is 1. The van der Waals surface area contributed by atoms with Crippen molar-refractivity contribution in [3.63, 3.8) is 0 Å². The molecule has 0 radical (unpaired) electrons. The van der Waals surface area contributed by atoms with Gasteiger partial charge in [0.1, 0.15) is 10.7 Å². The second-order valence-corrected chi connectivity index (χ2v) is 7.34. The maximum Gasteiger partial charge on any atom is 0.263 e. The van der Waals surface area contributed by atoms with Crippen molar-refractivity contribution in [2.45, 2.75) is 38.6 Å². The van der Waals surface area contributed by atoms with E-state index in [2.05, 4.69) is 10.3 Å². The second kappa shape index (κ2) is 7.40. The predicted octanol–water partition coefficient (Wildman–Crippen LogP) is 3.07. The van der Waals surface area contributed by atoms with Crippen molar-refractivity contribution in [3.05, 3.63) is 51.2 Å². The number of hydrogen-bond acceptors (Lipinski definition) is 4. The van der Waals surface area contributed by atoms with Gasteiger partial charge < -0.3 is 10.4 Å². The van der Waals surface area contributed by atoms with Gasteiger partial charge in [-0.3, -0.25) is 4.79 Å². The van der Waals surface area contributed by atoms with Crippen LogP contribution in [0, 0.1) is 18.7 Å². The number of aryl methyl sites for hydroxylation is 1. The lowest BCUT2D eigenvalue weighted by Crippen LogP contribution is -2.37. The average molecular weight is 348 g/mol. The van der Waals surface area contributed by atoms with Crippen LogP contribution in [0.4, 0.5) is 4.39 Å². The van der Waals surface area contributed by atoms with Crippen molar-refractivity contribution >= 4 is 17.2 Å². The third-order valence-electron chi connectivity index (χ3n) is 4.26. The minimum absolute atomic E-state index is 0.0459. The first-order valence-corrected chi connectivity index (χ1v) is 9.01. The normalized spacial score (nSPS) is 15.3. The number of carbonyl (C=O) groups is 1. The molecular weight excluding hydrogens is 327 g/mol. The van der Waals surface area contributed by atoms with E-state index in [0.717, 1.165) is 23.4 Å². The molecule has 128 valence electrons. The Morgan fingerprint density at radius 2 is 2.12 bits per heavy atom. The molecular formula is C18H21FN2O2S.